The first-order chi connectivity index (χ1) is 5.66. The summed E-state index contributed by atoms with van der Waals surface area (Å²) in [6.07, 6.45) is 0. The van der Waals surface area contributed by atoms with Gasteiger partial charge >= 0.3 is 124 Å². The maximum Gasteiger partial charge on any atom is 2.00 e. The van der Waals surface area contributed by atoms with Crippen LogP contribution in [0.5, 0.6) is 0 Å². The summed E-state index contributed by atoms with van der Waals surface area (Å²) in [5.41, 5.74) is 0. The van der Waals surface area contributed by atoms with Gasteiger partial charge in [0, 0.05) is 0 Å². The Morgan fingerprint density at radius 3 is 0.533 bits per heavy atom. The SMILES string of the molecule is O=NO.O=NO.O=NO.O=NO.[K+].[K+].[Pt+2]. The molecule has 0 rings (SSSR count). The molecule has 0 amide bonds. The van der Waals surface area contributed by atoms with Crippen molar-refractivity contribution < 1.29 is 145 Å². The van der Waals surface area contributed by atoms with Gasteiger partial charge in [0.05, 0.1) is 0 Å². The van der Waals surface area contributed by atoms with E-state index in [0.717, 1.165) is 0 Å². The minimum atomic E-state index is 0. The standard InChI is InChI=1S/2K.4HNO2.Pt/c;;4*2-1-3;/h;;4*(H,2,3);/q2*+1;;;;;+2. The zero-order chi connectivity index (χ0) is 10.8. The molecule has 0 saturated carbocycles. The van der Waals surface area contributed by atoms with Crippen LogP contribution in [-0.2, 0) is 21.1 Å². The number of nitrogens with zero attached hydrogens (tertiary/aromatic N) is 4. The van der Waals surface area contributed by atoms with E-state index >= 15 is 0 Å². The van der Waals surface area contributed by atoms with Crippen LogP contribution < -0.4 is 103 Å². The molecule has 0 unspecified atom stereocenters. The molecule has 0 bridgehead atoms. The van der Waals surface area contributed by atoms with Crippen LogP contribution in [0.3, 0.4) is 0 Å². The van der Waals surface area contributed by atoms with Crippen molar-refractivity contribution in [2.75, 3.05) is 0 Å². The third kappa shape index (κ3) is 1170. The Morgan fingerprint density at radius 1 is 0.533 bits per heavy atom. The first-order valence-electron chi connectivity index (χ1n) is 1.53. The summed E-state index contributed by atoms with van der Waals surface area (Å²) >= 11 is 0. The third-order valence-corrected chi connectivity index (χ3v) is 0. The summed E-state index contributed by atoms with van der Waals surface area (Å²) in [5.74, 6) is 0. The number of rotatable bonds is 0. The van der Waals surface area contributed by atoms with E-state index in [4.69, 9.17) is 40.5 Å². The molecular formula is H4K2N4O8Pt+4. The first-order valence-corrected chi connectivity index (χ1v) is 1.53. The van der Waals surface area contributed by atoms with E-state index in [1.807, 2.05) is 0 Å². The molecule has 0 spiro atoms. The smallest absolute Gasteiger partial charge is 0.379 e. The monoisotopic (exact) mass is 461 g/mol. The molecule has 0 atom stereocenters. The van der Waals surface area contributed by atoms with Crippen LogP contribution in [0.25, 0.3) is 0 Å². The van der Waals surface area contributed by atoms with Crippen molar-refractivity contribution in [3.05, 3.63) is 19.6 Å². The molecular weight excluding hydrogens is 457 g/mol. The van der Waals surface area contributed by atoms with Crippen molar-refractivity contribution >= 4 is 0 Å². The first kappa shape index (κ1) is 43.9. The molecule has 0 fully saturated rings. The summed E-state index contributed by atoms with van der Waals surface area (Å²) in [4.78, 5) is 32.4. The minimum absolute atomic E-state index is 0. The van der Waals surface area contributed by atoms with Gasteiger partial charge in [-0.3, -0.25) is 0 Å². The van der Waals surface area contributed by atoms with Crippen LogP contribution in [0.4, 0.5) is 0 Å². The average molecular weight is 461 g/mol. The minimum Gasteiger partial charge on any atom is -0.379 e. The Hall–Kier alpha value is 1.56. The second-order valence-electron chi connectivity index (χ2n) is 0.327. The predicted molar refractivity (Wildman–Crippen MR) is 30.3 cm³/mol. The van der Waals surface area contributed by atoms with E-state index in [1.165, 1.54) is 21.4 Å². The van der Waals surface area contributed by atoms with Crippen LogP contribution >= 0.6 is 0 Å². The molecule has 0 radical (unpaired) electrons. The molecule has 15 heavy (non-hydrogen) atoms. The molecule has 4 N–H and O–H groups in total. The van der Waals surface area contributed by atoms with Crippen LogP contribution in [0.15, 0.2) is 21.4 Å². The van der Waals surface area contributed by atoms with Gasteiger partial charge in [-0.15, -0.1) is 19.6 Å². The van der Waals surface area contributed by atoms with Crippen molar-refractivity contribution in [2.24, 2.45) is 21.4 Å². The van der Waals surface area contributed by atoms with Gasteiger partial charge in [0.1, 0.15) is 0 Å². The van der Waals surface area contributed by atoms with Crippen molar-refractivity contribution in [1.29, 1.82) is 0 Å². The van der Waals surface area contributed by atoms with Crippen molar-refractivity contribution in [3.63, 3.8) is 0 Å². The average Bonchev–Trinajstić information content (AvgIpc) is 1.92. The topological polar surface area (TPSA) is 199 Å². The van der Waals surface area contributed by atoms with Gasteiger partial charge < -0.3 is 20.8 Å². The third-order valence-electron chi connectivity index (χ3n) is 0. The predicted octanol–water partition coefficient (Wildman–Crippen LogP) is -5.43. The Kier molecular flexibility index (Phi) is 312. The summed E-state index contributed by atoms with van der Waals surface area (Å²) < 4.78 is 0. The van der Waals surface area contributed by atoms with Crippen molar-refractivity contribution in [3.8, 4) is 0 Å². The fraction of sp³-hybridized carbons (Fsp3) is 0. The van der Waals surface area contributed by atoms with Crippen LogP contribution in [0, 0.1) is 19.6 Å². The Balaban J connectivity index is -0.0000000107. The van der Waals surface area contributed by atoms with Crippen LogP contribution in [-0.4, -0.2) is 20.8 Å². The summed E-state index contributed by atoms with van der Waals surface area (Å²) in [6.45, 7) is 0. The zero-order valence-electron chi connectivity index (χ0n) is 7.53. The maximum atomic E-state index is 8.11. The Labute approximate surface area is 181 Å². The quantitative estimate of drug-likeness (QED) is 0.156. The van der Waals surface area contributed by atoms with Gasteiger partial charge in [0.25, 0.3) is 0 Å². The molecule has 0 aliphatic rings. The molecule has 0 aromatic carbocycles. The van der Waals surface area contributed by atoms with Gasteiger partial charge in [0.2, 0.25) is 0 Å². The second kappa shape index (κ2) is 107. The van der Waals surface area contributed by atoms with Gasteiger partial charge in [-0.2, -0.15) is 0 Å². The molecule has 12 nitrogen and oxygen atoms in total. The molecule has 0 aromatic rings. The summed E-state index contributed by atoms with van der Waals surface area (Å²) in [7, 11) is 0. The van der Waals surface area contributed by atoms with Crippen LogP contribution in [0.1, 0.15) is 0 Å². The molecule has 0 aromatic heterocycles. The number of hydrogen-bond acceptors (Lipinski definition) is 8. The molecule has 0 aliphatic carbocycles. The van der Waals surface area contributed by atoms with Gasteiger partial charge in [0.15, 0.2) is 21.4 Å². The van der Waals surface area contributed by atoms with Gasteiger partial charge in [-0.05, 0) is 0 Å². The van der Waals surface area contributed by atoms with Gasteiger partial charge in [-0.25, -0.2) is 0 Å². The Bertz CT molecular complexity index is 78.6. The van der Waals surface area contributed by atoms with E-state index in [1.54, 1.807) is 0 Å². The van der Waals surface area contributed by atoms with E-state index in [2.05, 4.69) is 0 Å². The van der Waals surface area contributed by atoms with E-state index in [0.29, 0.717) is 0 Å². The summed E-state index contributed by atoms with van der Waals surface area (Å²) in [5, 5.41) is 31.6. The van der Waals surface area contributed by atoms with E-state index in [-0.39, 0.29) is 124 Å². The van der Waals surface area contributed by atoms with E-state index < -0.39 is 0 Å². The second-order valence-corrected chi connectivity index (χ2v) is 0.327. The normalized spacial score (nSPS) is 3.20. The van der Waals surface area contributed by atoms with Crippen molar-refractivity contribution in [1.82, 2.24) is 0 Å². The largest absolute Gasteiger partial charge is 2.00 e. The zero-order valence-corrected chi connectivity index (χ0v) is 16.0. The van der Waals surface area contributed by atoms with Crippen molar-refractivity contribution in [2.45, 2.75) is 0 Å². The molecule has 15 heteroatoms. The van der Waals surface area contributed by atoms with Gasteiger partial charge in [-0.1, -0.05) is 0 Å². The van der Waals surface area contributed by atoms with Crippen LogP contribution in [0.2, 0.25) is 0 Å². The van der Waals surface area contributed by atoms with E-state index in [9.17, 15) is 0 Å². The molecule has 0 heterocycles. The fourth-order valence-electron chi connectivity index (χ4n) is 0. The molecule has 0 aliphatic heterocycles. The fourth-order valence-corrected chi connectivity index (χ4v) is 0. The number of hydrogen-bond donors (Lipinski definition) is 4. The molecule has 80 valence electrons. The molecule has 0 saturated heterocycles. The maximum absolute atomic E-state index is 8.11. The Morgan fingerprint density at radius 2 is 0.533 bits per heavy atom. The summed E-state index contributed by atoms with van der Waals surface area (Å²) in [6, 6.07) is 0.